The lowest BCUT2D eigenvalue weighted by atomic mass is 9.96. The van der Waals surface area contributed by atoms with Gasteiger partial charge in [-0.25, -0.2) is 4.79 Å². The predicted molar refractivity (Wildman–Crippen MR) is 75.4 cm³/mol. The molecular weight excluding hydrogens is 272 g/mol. The van der Waals surface area contributed by atoms with Crippen LogP contribution in [0.2, 0.25) is 0 Å². The van der Waals surface area contributed by atoms with Crippen LogP contribution in [0.4, 0.5) is 0 Å². The fraction of sp³-hybridized carbons (Fsp3) is 0.400. The van der Waals surface area contributed by atoms with Crippen molar-refractivity contribution in [3.05, 3.63) is 35.9 Å². The summed E-state index contributed by atoms with van der Waals surface area (Å²) >= 11 is 0. The normalized spacial score (nSPS) is 19.4. The second-order valence-corrected chi connectivity index (χ2v) is 5.13. The quantitative estimate of drug-likeness (QED) is 0.728. The van der Waals surface area contributed by atoms with Gasteiger partial charge in [0.2, 0.25) is 11.8 Å². The van der Waals surface area contributed by atoms with E-state index in [4.69, 9.17) is 0 Å². The number of aliphatic carboxylic acids is 1. The average Bonchev–Trinajstić information content (AvgIpc) is 2.47. The molecule has 0 aliphatic carbocycles. The number of benzene rings is 1. The number of carboxylic acids is 1. The van der Waals surface area contributed by atoms with Crippen LogP contribution in [0.15, 0.2) is 30.3 Å². The standard InChI is InChI=1S/C15H18N2O4/c18-13-9-11(6-7-16-13)14(19)17-12(15(20)21)8-10-4-2-1-3-5-10/h1-5,11-12H,6-9H2,(H,16,18)(H,17,19)(H,20,21)/t11?,12-/m1/s1. The van der Waals surface area contributed by atoms with E-state index in [0.717, 1.165) is 5.56 Å². The van der Waals surface area contributed by atoms with Crippen molar-refractivity contribution in [3.63, 3.8) is 0 Å². The number of hydrogen-bond donors (Lipinski definition) is 3. The molecule has 6 nitrogen and oxygen atoms in total. The van der Waals surface area contributed by atoms with E-state index in [-0.39, 0.29) is 24.7 Å². The Kier molecular flexibility index (Phi) is 4.92. The third-order valence-corrected chi connectivity index (χ3v) is 3.51. The molecule has 21 heavy (non-hydrogen) atoms. The Labute approximate surface area is 122 Å². The lowest BCUT2D eigenvalue weighted by Gasteiger charge is -2.23. The van der Waals surface area contributed by atoms with Gasteiger partial charge in [0.15, 0.2) is 0 Å². The first-order valence-electron chi connectivity index (χ1n) is 6.90. The molecule has 6 heteroatoms. The first-order valence-corrected chi connectivity index (χ1v) is 6.90. The van der Waals surface area contributed by atoms with E-state index in [1.807, 2.05) is 30.3 Å². The molecule has 1 saturated heterocycles. The van der Waals surface area contributed by atoms with E-state index in [1.165, 1.54) is 0 Å². The van der Waals surface area contributed by atoms with Crippen LogP contribution >= 0.6 is 0 Å². The highest BCUT2D eigenvalue weighted by Gasteiger charge is 2.29. The van der Waals surface area contributed by atoms with Crippen molar-refractivity contribution >= 4 is 17.8 Å². The van der Waals surface area contributed by atoms with Gasteiger partial charge in [-0.1, -0.05) is 30.3 Å². The van der Waals surface area contributed by atoms with E-state index >= 15 is 0 Å². The molecule has 1 heterocycles. The minimum absolute atomic E-state index is 0.115. The summed E-state index contributed by atoms with van der Waals surface area (Å²) in [5.74, 6) is -2.06. The number of nitrogens with one attached hydrogen (secondary N) is 2. The van der Waals surface area contributed by atoms with Crippen molar-refractivity contribution in [1.29, 1.82) is 0 Å². The maximum absolute atomic E-state index is 12.1. The fourth-order valence-corrected chi connectivity index (χ4v) is 2.35. The van der Waals surface area contributed by atoms with Gasteiger partial charge in [-0.2, -0.15) is 0 Å². The van der Waals surface area contributed by atoms with Gasteiger partial charge in [0.25, 0.3) is 0 Å². The zero-order valence-electron chi connectivity index (χ0n) is 11.5. The number of piperidine rings is 1. The molecule has 1 unspecified atom stereocenters. The van der Waals surface area contributed by atoms with Crippen molar-refractivity contribution in [3.8, 4) is 0 Å². The summed E-state index contributed by atoms with van der Waals surface area (Å²) in [6.07, 6.45) is 0.875. The van der Waals surface area contributed by atoms with Crippen LogP contribution < -0.4 is 10.6 Å². The maximum atomic E-state index is 12.1. The van der Waals surface area contributed by atoms with Crippen LogP contribution in [0, 0.1) is 5.92 Å². The highest BCUT2D eigenvalue weighted by Crippen LogP contribution is 2.13. The monoisotopic (exact) mass is 290 g/mol. The van der Waals surface area contributed by atoms with E-state index in [2.05, 4.69) is 10.6 Å². The van der Waals surface area contributed by atoms with Gasteiger partial charge in [0, 0.05) is 25.3 Å². The number of carbonyl (C=O) groups is 3. The van der Waals surface area contributed by atoms with Crippen molar-refractivity contribution in [1.82, 2.24) is 10.6 Å². The first-order chi connectivity index (χ1) is 10.1. The fourth-order valence-electron chi connectivity index (χ4n) is 2.35. The molecule has 112 valence electrons. The summed E-state index contributed by atoms with van der Waals surface area (Å²) in [7, 11) is 0. The van der Waals surface area contributed by atoms with Gasteiger partial charge < -0.3 is 15.7 Å². The number of rotatable bonds is 5. The average molecular weight is 290 g/mol. The Morgan fingerprint density at radius 1 is 1.33 bits per heavy atom. The molecular formula is C15H18N2O4. The van der Waals surface area contributed by atoms with Crippen LogP contribution in [-0.2, 0) is 20.8 Å². The number of carboxylic acid groups (broad SMARTS) is 1. The predicted octanol–water partition coefficient (Wildman–Crippen LogP) is 0.325. The van der Waals surface area contributed by atoms with E-state index in [0.29, 0.717) is 13.0 Å². The largest absolute Gasteiger partial charge is 0.480 e. The lowest BCUT2D eigenvalue weighted by Crippen LogP contribution is -2.47. The van der Waals surface area contributed by atoms with Gasteiger partial charge >= 0.3 is 5.97 Å². The number of amides is 2. The summed E-state index contributed by atoms with van der Waals surface area (Å²) < 4.78 is 0. The zero-order chi connectivity index (χ0) is 15.2. The van der Waals surface area contributed by atoms with Crippen LogP contribution in [0.1, 0.15) is 18.4 Å². The minimum atomic E-state index is -1.08. The van der Waals surface area contributed by atoms with Crippen molar-refractivity contribution < 1.29 is 19.5 Å². The van der Waals surface area contributed by atoms with Gasteiger partial charge in [0.05, 0.1) is 0 Å². The maximum Gasteiger partial charge on any atom is 0.326 e. The Morgan fingerprint density at radius 2 is 2.05 bits per heavy atom. The third kappa shape index (κ3) is 4.30. The van der Waals surface area contributed by atoms with E-state index < -0.39 is 17.9 Å². The number of carbonyl (C=O) groups excluding carboxylic acids is 2. The summed E-state index contributed by atoms with van der Waals surface area (Å²) in [6, 6.07) is 8.14. The molecule has 1 fully saturated rings. The molecule has 0 spiro atoms. The van der Waals surface area contributed by atoms with Crippen molar-refractivity contribution in [2.24, 2.45) is 5.92 Å². The van der Waals surface area contributed by atoms with Crippen LogP contribution in [0.5, 0.6) is 0 Å². The van der Waals surface area contributed by atoms with Crippen molar-refractivity contribution in [2.75, 3.05) is 6.54 Å². The van der Waals surface area contributed by atoms with Crippen LogP contribution in [-0.4, -0.2) is 35.5 Å². The SMILES string of the molecule is O=C1CC(C(=O)N[C@H](Cc2ccccc2)C(=O)O)CCN1. The summed E-state index contributed by atoms with van der Waals surface area (Å²) in [5, 5.41) is 14.4. The highest BCUT2D eigenvalue weighted by atomic mass is 16.4. The third-order valence-electron chi connectivity index (χ3n) is 3.51. The Hall–Kier alpha value is -2.37. The zero-order valence-corrected chi connectivity index (χ0v) is 11.5. The molecule has 2 amide bonds. The Bertz CT molecular complexity index is 530. The molecule has 1 aliphatic heterocycles. The Balaban J connectivity index is 1.97. The lowest BCUT2D eigenvalue weighted by molar-refractivity contribution is -0.143. The van der Waals surface area contributed by atoms with Gasteiger partial charge in [0.1, 0.15) is 6.04 Å². The molecule has 1 aromatic rings. The Morgan fingerprint density at radius 3 is 2.67 bits per heavy atom. The van der Waals surface area contributed by atoms with E-state index in [1.54, 1.807) is 0 Å². The first kappa shape index (κ1) is 15.0. The summed E-state index contributed by atoms with van der Waals surface area (Å²) in [4.78, 5) is 34.7. The highest BCUT2D eigenvalue weighted by molar-refractivity contribution is 5.89. The molecule has 0 bridgehead atoms. The van der Waals surface area contributed by atoms with Gasteiger partial charge in [-0.3, -0.25) is 9.59 Å². The van der Waals surface area contributed by atoms with Crippen LogP contribution in [0.3, 0.4) is 0 Å². The van der Waals surface area contributed by atoms with Crippen LogP contribution in [0.25, 0.3) is 0 Å². The summed E-state index contributed by atoms with van der Waals surface area (Å²) in [6.45, 7) is 0.452. The van der Waals surface area contributed by atoms with Crippen molar-refractivity contribution in [2.45, 2.75) is 25.3 Å². The minimum Gasteiger partial charge on any atom is -0.480 e. The molecule has 2 atom stereocenters. The molecule has 3 N–H and O–H groups in total. The topological polar surface area (TPSA) is 95.5 Å². The van der Waals surface area contributed by atoms with Gasteiger partial charge in [-0.15, -0.1) is 0 Å². The second-order valence-electron chi connectivity index (χ2n) is 5.13. The molecule has 2 rings (SSSR count). The molecule has 1 aliphatic rings. The smallest absolute Gasteiger partial charge is 0.326 e. The molecule has 0 radical (unpaired) electrons. The second kappa shape index (κ2) is 6.88. The van der Waals surface area contributed by atoms with E-state index in [9.17, 15) is 19.5 Å². The number of hydrogen-bond acceptors (Lipinski definition) is 3. The molecule has 0 saturated carbocycles. The van der Waals surface area contributed by atoms with Gasteiger partial charge in [-0.05, 0) is 12.0 Å². The summed E-state index contributed by atoms with van der Waals surface area (Å²) in [5.41, 5.74) is 0.839. The molecule has 0 aromatic heterocycles. The molecule has 1 aromatic carbocycles.